The Morgan fingerprint density at radius 3 is 2.67 bits per heavy atom. The first-order valence-electron chi connectivity index (χ1n) is 2.04. The van der Waals surface area contributed by atoms with E-state index in [0.717, 1.165) is 0 Å². The van der Waals surface area contributed by atoms with Crippen LogP contribution in [0.3, 0.4) is 0 Å². The van der Waals surface area contributed by atoms with E-state index in [4.69, 9.17) is 0 Å². The Kier molecular flexibility index (Phi) is 2.89. The van der Waals surface area contributed by atoms with Crippen LogP contribution in [-0.4, -0.2) is 11.0 Å². The second kappa shape index (κ2) is 3.49. The molecular weight excluding hydrogens is 348 g/mol. The molecular formula is C4H3I2NO2. The maximum absolute atomic E-state index is 10.1. The van der Waals surface area contributed by atoms with E-state index in [-0.39, 0.29) is 46.4 Å². The molecule has 1 rings (SSSR count). The minimum Gasteiger partial charge on any atom is -0.258 e. The molecule has 0 N–H and O–H groups in total. The lowest BCUT2D eigenvalue weighted by atomic mass is 10.6. The van der Waals surface area contributed by atoms with Crippen molar-refractivity contribution in [1.82, 2.24) is 0 Å². The van der Waals surface area contributed by atoms with Crippen LogP contribution in [0.15, 0.2) is 9.78 Å². The van der Waals surface area contributed by atoms with E-state index < -0.39 is 0 Å². The molecule has 0 aromatic carbocycles. The fraction of sp³-hybridized carbons (Fsp3) is 0. The summed E-state index contributed by atoms with van der Waals surface area (Å²) in [4.78, 5) is 9.78. The van der Waals surface area contributed by atoms with Gasteiger partial charge >= 0.3 is 0 Å². The first kappa shape index (κ1) is 7.45. The predicted molar refractivity (Wildman–Crippen MR) is 55.2 cm³/mol. The molecule has 1 heterocycles. The molecule has 0 fully saturated rings. The molecule has 5 heteroatoms. The van der Waals surface area contributed by atoms with Crippen LogP contribution in [0.4, 0.5) is 0 Å². The van der Waals surface area contributed by atoms with Gasteiger partial charge in [0, 0.05) is 2.02 Å². The minimum absolute atomic E-state index is 0.0701. The highest BCUT2D eigenvalue weighted by Gasteiger charge is 2.04. The van der Waals surface area contributed by atoms with Crippen molar-refractivity contribution in [3.05, 3.63) is 19.9 Å². The molecule has 9 heavy (non-hydrogen) atoms. The van der Waals surface area contributed by atoms with Crippen LogP contribution in [0.25, 0.3) is 0 Å². The number of halogens is 2. The van der Waals surface area contributed by atoms with Crippen LogP contribution in [0.1, 0.15) is 0 Å². The molecule has 1 aliphatic rings. The van der Waals surface area contributed by atoms with Crippen LogP contribution in [0.5, 0.6) is 0 Å². The average Bonchev–Trinajstić information content (AvgIpc) is 1.90. The lowest BCUT2D eigenvalue weighted by Gasteiger charge is -1.88. The van der Waals surface area contributed by atoms with Gasteiger partial charge in [0.25, 0.3) is 5.70 Å². The smallest absolute Gasteiger partial charge is 0.258 e. The van der Waals surface area contributed by atoms with Gasteiger partial charge in [-0.3, -0.25) is 10.1 Å². The van der Waals surface area contributed by atoms with Gasteiger partial charge in [-0.2, -0.15) is 0 Å². The molecule has 0 spiro atoms. The third kappa shape index (κ3) is 2.20. The van der Waals surface area contributed by atoms with Crippen molar-refractivity contribution in [3.8, 4) is 0 Å². The Bertz CT molecular complexity index is 219. The number of allylic oxidation sites excluding steroid dienone is 1. The highest BCUT2D eigenvalue weighted by Crippen LogP contribution is 2.14. The largest absolute Gasteiger partial charge is 0.280 e. The molecule has 1 aliphatic heterocycles. The Morgan fingerprint density at radius 1 is 1.56 bits per heavy atom. The Balaban J connectivity index is 2.84. The normalized spacial score (nSPS) is 17.1. The lowest BCUT2D eigenvalue weighted by molar-refractivity contribution is -0.413. The molecule has 0 atom stereocenters. The monoisotopic (exact) mass is 351 g/mol. The van der Waals surface area contributed by atoms with Crippen molar-refractivity contribution in [2.45, 2.75) is 0 Å². The summed E-state index contributed by atoms with van der Waals surface area (Å²) in [7, 11) is 0. The summed E-state index contributed by atoms with van der Waals surface area (Å²) < 4.78 is 5.72. The predicted octanol–water partition coefficient (Wildman–Crippen LogP) is 1.62. The van der Waals surface area contributed by atoms with E-state index in [2.05, 4.69) is 2.02 Å². The zero-order chi connectivity index (χ0) is 6.69. The highest BCUT2D eigenvalue weighted by molar-refractivity contribution is 14.3. The van der Waals surface area contributed by atoms with Gasteiger partial charge in [0.2, 0.25) is 0 Å². The average molecular weight is 351 g/mol. The van der Waals surface area contributed by atoms with Crippen molar-refractivity contribution >= 4 is 47.5 Å². The van der Waals surface area contributed by atoms with E-state index >= 15 is 0 Å². The van der Waals surface area contributed by atoms with Gasteiger partial charge in [-0.15, -0.1) is 0 Å². The summed E-state index contributed by atoms with van der Waals surface area (Å²) in [6, 6.07) is 0. The number of nitro groups is 1. The fourth-order valence-corrected chi connectivity index (χ4v) is 5.85. The summed E-state index contributed by atoms with van der Waals surface area (Å²) in [5.74, 6) is 0. The van der Waals surface area contributed by atoms with Crippen LogP contribution >= 0.6 is 41.5 Å². The third-order valence-corrected chi connectivity index (χ3v) is 6.84. The van der Waals surface area contributed by atoms with Crippen molar-refractivity contribution in [3.63, 3.8) is 0 Å². The van der Waals surface area contributed by atoms with Crippen molar-refractivity contribution in [2.75, 3.05) is 0 Å². The van der Waals surface area contributed by atoms with Gasteiger partial charge in [-0.1, -0.05) is 41.5 Å². The molecule has 0 aliphatic carbocycles. The zero-order valence-corrected chi connectivity index (χ0v) is 8.57. The van der Waals surface area contributed by atoms with Gasteiger partial charge in [0.15, 0.2) is 0 Å². The Morgan fingerprint density at radius 2 is 2.33 bits per heavy atom. The van der Waals surface area contributed by atoms with Crippen LogP contribution in [-0.2, 0) is 0 Å². The molecule has 0 saturated heterocycles. The zero-order valence-electron chi connectivity index (χ0n) is 4.25. The molecule has 0 aromatic rings. The van der Waals surface area contributed by atoms with E-state index in [0.29, 0.717) is 5.70 Å². The number of nitrogens with zero attached hydrogens (tertiary/aromatic N) is 1. The number of hydrogen-bond donors (Lipinski definition) is 0. The maximum atomic E-state index is 10.1. The van der Waals surface area contributed by atoms with E-state index in [1.54, 1.807) is 8.09 Å². The van der Waals surface area contributed by atoms with Crippen LogP contribution in [0, 0.1) is 10.1 Å². The minimum atomic E-state index is -0.299. The van der Waals surface area contributed by atoms with E-state index in [9.17, 15) is 10.1 Å². The molecule has 0 unspecified atom stereocenters. The first-order valence-corrected chi connectivity index (χ1v) is 7.02. The molecule has 3 nitrogen and oxygen atoms in total. The fourth-order valence-electron chi connectivity index (χ4n) is 0.308. The summed E-state index contributed by atoms with van der Waals surface area (Å²) >= 11 is -0.140. The van der Waals surface area contributed by atoms with Gasteiger partial charge in [-0.05, 0) is 0 Å². The van der Waals surface area contributed by atoms with Gasteiger partial charge in [0.1, 0.15) is 0 Å². The molecule has 0 aromatic heterocycles. The quantitative estimate of drug-likeness (QED) is 0.410. The molecule has 0 bridgehead atoms. The van der Waals surface area contributed by atoms with E-state index in [1.807, 2.05) is 0 Å². The van der Waals surface area contributed by atoms with Crippen LogP contribution in [0.2, 0.25) is 0 Å². The summed E-state index contributed by atoms with van der Waals surface area (Å²) in [5.41, 5.74) is 0.345. The number of hydrogen-bond acceptors (Lipinski definition) is 2. The van der Waals surface area contributed by atoms with Crippen molar-refractivity contribution < 1.29 is 4.92 Å². The SMILES string of the molecule is O=[N+]([O-])C1=CI=CI=C1. The Hall–Kier alpha value is 0.340. The summed E-state index contributed by atoms with van der Waals surface area (Å²) in [6.45, 7) is 0. The van der Waals surface area contributed by atoms with E-state index in [1.165, 1.54) is 0 Å². The van der Waals surface area contributed by atoms with Crippen molar-refractivity contribution in [2.24, 2.45) is 0 Å². The summed E-state index contributed by atoms with van der Waals surface area (Å²) in [6.07, 6.45) is 0. The standard InChI is InChI=1S/C4H3I2NO2/c8-7(9)4-1-5-3-6-2-4/h1-3H. The molecule has 0 radical (unpaired) electrons. The first-order chi connectivity index (χ1) is 4.30. The highest BCUT2D eigenvalue weighted by atomic mass is 127. The summed E-state index contributed by atoms with van der Waals surface area (Å²) in [5, 5.41) is 10.1. The van der Waals surface area contributed by atoms with Crippen LogP contribution < -0.4 is 0 Å². The Labute approximate surface area is 71.8 Å². The van der Waals surface area contributed by atoms with Crippen molar-refractivity contribution in [1.29, 1.82) is 0 Å². The third-order valence-electron chi connectivity index (χ3n) is 0.656. The van der Waals surface area contributed by atoms with Gasteiger partial charge in [0.05, 0.1) is 13.0 Å². The molecule has 50 valence electrons. The second-order valence-corrected chi connectivity index (χ2v) is 7.55. The number of rotatable bonds is 1. The molecule has 0 saturated carbocycles. The topological polar surface area (TPSA) is 43.1 Å². The molecule has 0 amide bonds. The lowest BCUT2D eigenvalue weighted by Crippen LogP contribution is -1.97. The maximum Gasteiger partial charge on any atom is 0.280 e. The van der Waals surface area contributed by atoms with Gasteiger partial charge in [-0.25, -0.2) is 0 Å². The van der Waals surface area contributed by atoms with Gasteiger partial charge < -0.3 is 0 Å². The second-order valence-electron chi connectivity index (χ2n) is 1.23.